The molecular formula is C15H19BrN2O. The van der Waals surface area contributed by atoms with Crippen molar-refractivity contribution in [3.63, 3.8) is 0 Å². The van der Waals surface area contributed by atoms with Gasteiger partial charge in [0.1, 0.15) is 0 Å². The predicted octanol–water partition coefficient (Wildman–Crippen LogP) is 3.47. The molecule has 0 spiro atoms. The van der Waals surface area contributed by atoms with Crippen LogP contribution >= 0.6 is 15.9 Å². The average Bonchev–Trinajstić information content (AvgIpc) is 2.46. The van der Waals surface area contributed by atoms with Gasteiger partial charge in [-0.3, -0.25) is 4.79 Å². The van der Waals surface area contributed by atoms with Crippen LogP contribution in [0.25, 0.3) is 0 Å². The third kappa shape index (κ3) is 4.68. The molecule has 0 aliphatic carbocycles. The predicted molar refractivity (Wildman–Crippen MR) is 79.9 cm³/mol. The lowest BCUT2D eigenvalue weighted by atomic mass is 10.1. The van der Waals surface area contributed by atoms with Crippen LogP contribution in [-0.4, -0.2) is 22.2 Å². The smallest absolute Gasteiger partial charge is 0.236 e. The van der Waals surface area contributed by atoms with Gasteiger partial charge in [0.15, 0.2) is 0 Å². The molecule has 1 aromatic carbocycles. The number of alkyl halides is 1. The summed E-state index contributed by atoms with van der Waals surface area (Å²) in [4.78, 5) is 14.0. The van der Waals surface area contributed by atoms with Crippen LogP contribution in [0.1, 0.15) is 37.8 Å². The summed E-state index contributed by atoms with van der Waals surface area (Å²) in [7, 11) is 0. The first kappa shape index (κ1) is 15.7. The van der Waals surface area contributed by atoms with Crippen molar-refractivity contribution in [1.82, 2.24) is 4.90 Å². The Morgan fingerprint density at radius 3 is 2.47 bits per heavy atom. The summed E-state index contributed by atoms with van der Waals surface area (Å²) >= 11 is 3.41. The molecule has 0 N–H and O–H groups in total. The summed E-state index contributed by atoms with van der Waals surface area (Å²) in [5, 5.41) is 8.77. The van der Waals surface area contributed by atoms with E-state index in [9.17, 15) is 4.79 Å². The van der Waals surface area contributed by atoms with Crippen molar-refractivity contribution in [2.45, 2.75) is 38.1 Å². The monoisotopic (exact) mass is 322 g/mol. The summed E-state index contributed by atoms with van der Waals surface area (Å²) in [6, 6.07) is 9.48. The number of hydrogen-bond acceptors (Lipinski definition) is 2. The van der Waals surface area contributed by atoms with Gasteiger partial charge in [0, 0.05) is 13.1 Å². The topological polar surface area (TPSA) is 44.1 Å². The summed E-state index contributed by atoms with van der Waals surface area (Å²) in [6.45, 7) is 5.40. The lowest BCUT2D eigenvalue weighted by molar-refractivity contribution is -0.131. The van der Waals surface area contributed by atoms with Crippen molar-refractivity contribution in [3.8, 4) is 6.07 Å². The molecule has 0 aliphatic heterocycles. The highest BCUT2D eigenvalue weighted by molar-refractivity contribution is 9.10. The van der Waals surface area contributed by atoms with Crippen LogP contribution < -0.4 is 0 Å². The van der Waals surface area contributed by atoms with E-state index in [0.717, 1.165) is 24.9 Å². The lowest BCUT2D eigenvalue weighted by Gasteiger charge is -2.24. The number of benzene rings is 1. The number of hydrogen-bond donors (Lipinski definition) is 0. The fraction of sp³-hybridized carbons (Fsp3) is 0.467. The lowest BCUT2D eigenvalue weighted by Crippen LogP contribution is -2.36. The second kappa shape index (κ2) is 7.96. The number of rotatable bonds is 6. The highest BCUT2D eigenvalue weighted by Crippen LogP contribution is 2.13. The van der Waals surface area contributed by atoms with Crippen molar-refractivity contribution in [2.24, 2.45) is 0 Å². The van der Waals surface area contributed by atoms with Gasteiger partial charge in [-0.05, 0) is 30.5 Å². The molecule has 0 aromatic heterocycles. The quantitative estimate of drug-likeness (QED) is 0.753. The number of carbonyl (C=O) groups excluding carboxylic acids is 1. The Labute approximate surface area is 123 Å². The first-order chi connectivity index (χ1) is 9.12. The zero-order valence-corrected chi connectivity index (χ0v) is 13.0. The molecule has 0 saturated heterocycles. The van der Waals surface area contributed by atoms with Crippen molar-refractivity contribution < 1.29 is 4.79 Å². The first-order valence-electron chi connectivity index (χ1n) is 6.54. The Bertz CT molecular complexity index is 450. The minimum absolute atomic E-state index is 0.113. The number of halogens is 1. The number of nitriles is 1. The third-order valence-electron chi connectivity index (χ3n) is 2.89. The average molecular weight is 323 g/mol. The van der Waals surface area contributed by atoms with Gasteiger partial charge < -0.3 is 4.90 Å². The molecule has 19 heavy (non-hydrogen) atoms. The standard InChI is InChI=1S/C15H19BrN2O/c1-3-9-18(15(19)14(16)4-2)11-13-7-5-12(10-17)6-8-13/h5-8,14H,3-4,9,11H2,1-2H3. The number of amides is 1. The third-order valence-corrected chi connectivity index (χ3v) is 3.93. The first-order valence-corrected chi connectivity index (χ1v) is 7.45. The summed E-state index contributed by atoms with van der Waals surface area (Å²) in [5.41, 5.74) is 1.70. The minimum Gasteiger partial charge on any atom is -0.337 e. The van der Waals surface area contributed by atoms with Crippen molar-refractivity contribution in [2.75, 3.05) is 6.54 Å². The number of nitrogens with zero attached hydrogens (tertiary/aromatic N) is 2. The molecule has 1 unspecified atom stereocenters. The molecule has 0 radical (unpaired) electrons. The highest BCUT2D eigenvalue weighted by atomic mass is 79.9. The summed E-state index contributed by atoms with van der Waals surface area (Å²) in [5.74, 6) is 0.133. The fourth-order valence-corrected chi connectivity index (χ4v) is 2.10. The van der Waals surface area contributed by atoms with Crippen molar-refractivity contribution in [3.05, 3.63) is 35.4 Å². The van der Waals surface area contributed by atoms with Gasteiger partial charge in [0.2, 0.25) is 5.91 Å². The van der Waals surface area contributed by atoms with Crippen LogP contribution in [-0.2, 0) is 11.3 Å². The second-order valence-electron chi connectivity index (χ2n) is 4.44. The van der Waals surface area contributed by atoms with Crippen LogP contribution in [0.5, 0.6) is 0 Å². The molecule has 4 heteroatoms. The highest BCUT2D eigenvalue weighted by Gasteiger charge is 2.19. The molecule has 1 aromatic rings. The van der Waals surface area contributed by atoms with Gasteiger partial charge in [-0.1, -0.05) is 41.9 Å². The van der Waals surface area contributed by atoms with Gasteiger partial charge in [-0.25, -0.2) is 0 Å². The molecule has 102 valence electrons. The van der Waals surface area contributed by atoms with Gasteiger partial charge in [0.05, 0.1) is 16.5 Å². The van der Waals surface area contributed by atoms with Crippen LogP contribution in [0.4, 0.5) is 0 Å². The van der Waals surface area contributed by atoms with Crippen LogP contribution in [0.2, 0.25) is 0 Å². The van der Waals surface area contributed by atoms with Crippen LogP contribution in [0.15, 0.2) is 24.3 Å². The minimum atomic E-state index is -0.113. The molecule has 1 rings (SSSR count). The Hall–Kier alpha value is -1.34. The van der Waals surface area contributed by atoms with Crippen molar-refractivity contribution in [1.29, 1.82) is 5.26 Å². The molecule has 0 bridgehead atoms. The van der Waals surface area contributed by atoms with Crippen molar-refractivity contribution >= 4 is 21.8 Å². The van der Waals surface area contributed by atoms with Gasteiger partial charge in [-0.2, -0.15) is 5.26 Å². The summed E-state index contributed by atoms with van der Waals surface area (Å²) < 4.78 is 0. The zero-order valence-electron chi connectivity index (χ0n) is 11.4. The van der Waals surface area contributed by atoms with E-state index in [-0.39, 0.29) is 10.7 Å². The van der Waals surface area contributed by atoms with Crippen LogP contribution in [0.3, 0.4) is 0 Å². The van der Waals surface area contributed by atoms with E-state index in [1.165, 1.54) is 0 Å². The van der Waals surface area contributed by atoms with E-state index in [0.29, 0.717) is 12.1 Å². The molecule has 0 fully saturated rings. The second-order valence-corrected chi connectivity index (χ2v) is 5.55. The molecule has 0 aliphatic rings. The Morgan fingerprint density at radius 2 is 2.00 bits per heavy atom. The van der Waals surface area contributed by atoms with E-state index >= 15 is 0 Å². The van der Waals surface area contributed by atoms with E-state index in [2.05, 4.69) is 28.9 Å². The molecule has 0 heterocycles. The van der Waals surface area contributed by atoms with E-state index in [4.69, 9.17) is 5.26 Å². The maximum absolute atomic E-state index is 12.2. The van der Waals surface area contributed by atoms with Crippen LogP contribution in [0, 0.1) is 11.3 Å². The number of carbonyl (C=O) groups is 1. The van der Waals surface area contributed by atoms with E-state index < -0.39 is 0 Å². The molecule has 0 saturated carbocycles. The molecular weight excluding hydrogens is 304 g/mol. The Kier molecular flexibility index (Phi) is 6.58. The summed E-state index contributed by atoms with van der Waals surface area (Å²) in [6.07, 6.45) is 1.72. The van der Waals surface area contributed by atoms with E-state index in [1.54, 1.807) is 12.1 Å². The molecule has 3 nitrogen and oxygen atoms in total. The SMILES string of the molecule is CCCN(Cc1ccc(C#N)cc1)C(=O)C(Br)CC. The Balaban J connectivity index is 2.77. The largest absolute Gasteiger partial charge is 0.337 e. The van der Waals surface area contributed by atoms with Gasteiger partial charge in [-0.15, -0.1) is 0 Å². The van der Waals surface area contributed by atoms with E-state index in [1.807, 2.05) is 24.0 Å². The molecule has 1 amide bonds. The zero-order chi connectivity index (χ0) is 14.3. The van der Waals surface area contributed by atoms with Gasteiger partial charge in [0.25, 0.3) is 0 Å². The maximum Gasteiger partial charge on any atom is 0.236 e. The maximum atomic E-state index is 12.2. The normalized spacial score (nSPS) is 11.7. The van der Waals surface area contributed by atoms with Gasteiger partial charge >= 0.3 is 0 Å². The fourth-order valence-electron chi connectivity index (χ4n) is 1.81. The molecule has 1 atom stereocenters. The Morgan fingerprint density at radius 1 is 1.37 bits per heavy atom.